The van der Waals surface area contributed by atoms with Gasteiger partial charge in [-0.05, 0) is 60.4 Å². The van der Waals surface area contributed by atoms with E-state index in [0.29, 0.717) is 24.9 Å². The van der Waals surface area contributed by atoms with E-state index in [2.05, 4.69) is 4.98 Å². The number of fused-ring (bicyclic) bond motifs is 1. The number of carbonyl (C=O) groups is 3. The third kappa shape index (κ3) is 9.11. The molecule has 0 bridgehead atoms. The van der Waals surface area contributed by atoms with Crippen LogP contribution in [0.2, 0.25) is 0 Å². The molecule has 0 aliphatic rings. The largest absolute Gasteiger partial charge is 0.343 e. The first-order valence-electron chi connectivity index (χ1n) is 15.6. The molecule has 8 heteroatoms. The Morgan fingerprint density at radius 3 is 2.17 bits per heavy atom. The molecule has 8 nitrogen and oxygen atoms in total. The molecule has 46 heavy (non-hydrogen) atoms. The van der Waals surface area contributed by atoms with Gasteiger partial charge < -0.3 is 20.4 Å². The van der Waals surface area contributed by atoms with Gasteiger partial charge >= 0.3 is 0 Å². The van der Waals surface area contributed by atoms with Gasteiger partial charge in [0.2, 0.25) is 17.7 Å². The average Bonchev–Trinajstić information content (AvgIpc) is 3.05. The Balaban J connectivity index is 1.65. The number of hydrogen-bond donors (Lipinski definition) is 1. The van der Waals surface area contributed by atoms with Crippen LogP contribution in [0.3, 0.4) is 0 Å². The van der Waals surface area contributed by atoms with Crippen molar-refractivity contribution in [3.63, 3.8) is 0 Å². The quantitative estimate of drug-likeness (QED) is 0.208. The van der Waals surface area contributed by atoms with Crippen molar-refractivity contribution in [3.05, 3.63) is 126 Å². The molecular formula is C38H45N5O3. The van der Waals surface area contributed by atoms with E-state index in [-0.39, 0.29) is 24.1 Å². The highest BCUT2D eigenvalue weighted by Crippen LogP contribution is 2.25. The van der Waals surface area contributed by atoms with Crippen LogP contribution in [0.4, 0.5) is 0 Å². The van der Waals surface area contributed by atoms with Crippen LogP contribution in [0.25, 0.3) is 10.8 Å². The second-order valence-corrected chi connectivity index (χ2v) is 12.5. The zero-order valence-corrected chi connectivity index (χ0v) is 27.5. The Hall–Kier alpha value is -4.82. The van der Waals surface area contributed by atoms with Crippen molar-refractivity contribution in [1.29, 1.82) is 0 Å². The summed E-state index contributed by atoms with van der Waals surface area (Å²) < 4.78 is 0. The molecule has 0 fully saturated rings. The van der Waals surface area contributed by atoms with Crippen LogP contribution in [-0.4, -0.2) is 76.7 Å². The second kappa shape index (κ2) is 15.5. The van der Waals surface area contributed by atoms with Crippen LogP contribution in [-0.2, 0) is 27.2 Å². The van der Waals surface area contributed by atoms with Crippen molar-refractivity contribution < 1.29 is 14.4 Å². The molecule has 1 unspecified atom stereocenters. The number of nitrogens with two attached hydrogens (primary N) is 1. The van der Waals surface area contributed by atoms with Gasteiger partial charge in [-0.1, -0.05) is 84.9 Å². The Morgan fingerprint density at radius 1 is 0.826 bits per heavy atom. The first-order chi connectivity index (χ1) is 21.9. The maximum atomic E-state index is 14.5. The molecule has 1 heterocycles. The fraction of sp³-hybridized carbons (Fsp3) is 0.316. The molecule has 0 spiro atoms. The molecule has 3 amide bonds. The number of aromatic nitrogens is 1. The first kappa shape index (κ1) is 34.1. The fourth-order valence-electron chi connectivity index (χ4n) is 5.39. The van der Waals surface area contributed by atoms with Gasteiger partial charge in [0.1, 0.15) is 12.1 Å². The fourth-order valence-corrected chi connectivity index (χ4v) is 5.39. The van der Waals surface area contributed by atoms with Crippen LogP contribution in [0, 0.1) is 0 Å². The summed E-state index contributed by atoms with van der Waals surface area (Å²) in [7, 11) is 5.02. The summed E-state index contributed by atoms with van der Waals surface area (Å²) in [6, 6.07) is 27.3. The minimum absolute atomic E-state index is 0.221. The molecule has 0 saturated carbocycles. The molecule has 2 N–H and O–H groups in total. The lowest BCUT2D eigenvalue weighted by molar-refractivity contribution is -0.149. The van der Waals surface area contributed by atoms with Crippen molar-refractivity contribution in [1.82, 2.24) is 19.7 Å². The van der Waals surface area contributed by atoms with Gasteiger partial charge in [-0.25, -0.2) is 0 Å². The Labute approximate surface area is 272 Å². The van der Waals surface area contributed by atoms with E-state index in [4.69, 9.17) is 5.73 Å². The van der Waals surface area contributed by atoms with Crippen molar-refractivity contribution >= 4 is 28.5 Å². The lowest BCUT2D eigenvalue weighted by atomic mass is 9.98. The van der Waals surface area contributed by atoms with Crippen LogP contribution in [0.15, 0.2) is 109 Å². The smallest absolute Gasteiger partial charge is 0.249 e. The van der Waals surface area contributed by atoms with E-state index in [1.807, 2.05) is 105 Å². The summed E-state index contributed by atoms with van der Waals surface area (Å²) in [6.45, 7) is 4.21. The standard InChI is InChI=1S/C38H45N5O3/c1-38(2,39)23-13-19-34(44)42(4)33(27-28-20-21-29-14-9-10-17-31(29)26-28)36(45)43(5)35(30-15-7-6-8-16-30)37(46)41(3)25-22-32-18-11-12-24-40-32/h6-21,24,26,33,35H,22-23,25,27,39H2,1-5H3/b19-13+/t33-,35?/m1/s1. The summed E-state index contributed by atoms with van der Waals surface area (Å²) in [5.41, 5.74) is 8.12. The van der Waals surface area contributed by atoms with Crippen LogP contribution < -0.4 is 5.73 Å². The van der Waals surface area contributed by atoms with Gasteiger partial charge in [-0.3, -0.25) is 19.4 Å². The number of likely N-dealkylation sites (N-methyl/N-ethyl adjacent to an activating group) is 3. The Kier molecular flexibility index (Phi) is 11.4. The molecule has 2 atom stereocenters. The highest BCUT2D eigenvalue weighted by molar-refractivity contribution is 5.95. The summed E-state index contributed by atoms with van der Waals surface area (Å²) in [5.74, 6) is -0.870. The number of nitrogens with zero attached hydrogens (tertiary/aromatic N) is 4. The normalized spacial score (nSPS) is 12.9. The van der Waals surface area contributed by atoms with Gasteiger partial charge in [-0.2, -0.15) is 0 Å². The van der Waals surface area contributed by atoms with Crippen LogP contribution in [0.1, 0.15) is 43.1 Å². The zero-order valence-electron chi connectivity index (χ0n) is 27.5. The number of pyridine rings is 1. The van der Waals surface area contributed by atoms with Crippen molar-refractivity contribution in [2.75, 3.05) is 27.7 Å². The average molecular weight is 620 g/mol. The van der Waals surface area contributed by atoms with E-state index in [0.717, 1.165) is 22.0 Å². The summed E-state index contributed by atoms with van der Waals surface area (Å²) in [6.07, 6.45) is 6.31. The summed E-state index contributed by atoms with van der Waals surface area (Å²) in [5, 5.41) is 2.14. The van der Waals surface area contributed by atoms with Crippen LogP contribution in [0.5, 0.6) is 0 Å². The highest BCUT2D eigenvalue weighted by Gasteiger charge is 2.36. The molecule has 4 aromatic rings. The molecule has 1 aromatic heterocycles. The third-order valence-electron chi connectivity index (χ3n) is 8.14. The molecule has 240 valence electrons. The maximum Gasteiger partial charge on any atom is 0.249 e. The lowest BCUT2D eigenvalue weighted by Crippen LogP contribution is -2.52. The number of amides is 3. The van der Waals surface area contributed by atoms with E-state index < -0.39 is 17.6 Å². The predicted octanol–water partition coefficient (Wildman–Crippen LogP) is 5.19. The maximum absolute atomic E-state index is 14.5. The highest BCUT2D eigenvalue weighted by atomic mass is 16.2. The van der Waals surface area contributed by atoms with E-state index >= 15 is 0 Å². The van der Waals surface area contributed by atoms with Gasteiger partial charge in [0.05, 0.1) is 0 Å². The third-order valence-corrected chi connectivity index (χ3v) is 8.14. The number of carbonyl (C=O) groups excluding carboxylic acids is 3. The van der Waals surface area contributed by atoms with Crippen molar-refractivity contribution in [2.45, 2.75) is 50.7 Å². The van der Waals surface area contributed by atoms with Crippen molar-refractivity contribution in [2.24, 2.45) is 5.73 Å². The number of hydrogen-bond acceptors (Lipinski definition) is 5. The van der Waals surface area contributed by atoms with Gasteiger partial charge in [0, 0.05) is 58.0 Å². The minimum atomic E-state index is -0.890. The van der Waals surface area contributed by atoms with Crippen LogP contribution >= 0.6 is 0 Å². The molecule has 0 radical (unpaired) electrons. The lowest BCUT2D eigenvalue weighted by Gasteiger charge is -2.36. The minimum Gasteiger partial charge on any atom is -0.343 e. The zero-order chi connectivity index (χ0) is 33.3. The molecule has 0 aliphatic carbocycles. The first-order valence-corrected chi connectivity index (χ1v) is 15.6. The Bertz CT molecular complexity index is 1650. The molecule has 0 aliphatic heterocycles. The Morgan fingerprint density at radius 2 is 1.50 bits per heavy atom. The van der Waals surface area contributed by atoms with Gasteiger partial charge in [-0.15, -0.1) is 0 Å². The van der Waals surface area contributed by atoms with Crippen molar-refractivity contribution in [3.8, 4) is 0 Å². The van der Waals surface area contributed by atoms with Gasteiger partial charge in [0.25, 0.3) is 0 Å². The SMILES string of the molecule is CN(CCc1ccccn1)C(=O)C(c1ccccc1)N(C)C(=O)[C@@H](Cc1ccc2ccccc2c1)N(C)C(=O)/C=C/CC(C)(C)N. The second-order valence-electron chi connectivity index (χ2n) is 12.5. The van der Waals surface area contributed by atoms with E-state index in [1.165, 1.54) is 15.9 Å². The van der Waals surface area contributed by atoms with E-state index in [9.17, 15) is 14.4 Å². The number of rotatable bonds is 13. The van der Waals surface area contributed by atoms with Gasteiger partial charge in [0.15, 0.2) is 0 Å². The molecular weight excluding hydrogens is 574 g/mol. The summed E-state index contributed by atoms with van der Waals surface area (Å²) in [4.78, 5) is 51.0. The topological polar surface area (TPSA) is 99.8 Å². The predicted molar refractivity (Wildman–Crippen MR) is 184 cm³/mol. The molecule has 0 saturated heterocycles. The molecule has 4 rings (SSSR count). The monoisotopic (exact) mass is 619 g/mol. The number of benzene rings is 3. The van der Waals surface area contributed by atoms with E-state index in [1.54, 1.807) is 38.3 Å². The molecule has 3 aromatic carbocycles. The summed E-state index contributed by atoms with van der Waals surface area (Å²) >= 11 is 0.